The fraction of sp³-hybridized carbons (Fsp3) is 0.333. The van der Waals surface area contributed by atoms with Crippen LogP contribution in [0.3, 0.4) is 0 Å². The number of thioether (sulfide) groups is 1. The molecule has 2 aromatic heterocycles. The second-order valence-corrected chi connectivity index (χ2v) is 8.58. The number of carbonyl (C=O) groups is 1. The van der Waals surface area contributed by atoms with E-state index in [2.05, 4.69) is 15.2 Å². The Hall–Kier alpha value is -2.42. The van der Waals surface area contributed by atoms with Gasteiger partial charge in [-0.05, 0) is 50.2 Å². The van der Waals surface area contributed by atoms with E-state index in [1.807, 2.05) is 59.7 Å². The maximum absolute atomic E-state index is 12.8. The molecule has 1 amide bonds. The van der Waals surface area contributed by atoms with Crippen molar-refractivity contribution >= 4 is 29.3 Å². The zero-order chi connectivity index (χ0) is 21.1. The molecule has 1 aliphatic rings. The second-order valence-electron chi connectivity index (χ2n) is 7.20. The van der Waals surface area contributed by atoms with Crippen molar-refractivity contribution in [1.29, 1.82) is 0 Å². The van der Waals surface area contributed by atoms with Gasteiger partial charge in [0.2, 0.25) is 5.91 Å². The number of ether oxygens (including phenoxy) is 1. The summed E-state index contributed by atoms with van der Waals surface area (Å²) in [7, 11) is 0. The topological polar surface area (TPSA) is 73.1 Å². The van der Waals surface area contributed by atoms with E-state index in [1.165, 1.54) is 11.8 Å². The maximum Gasteiger partial charge on any atom is 0.233 e. The van der Waals surface area contributed by atoms with E-state index in [9.17, 15) is 4.79 Å². The molecular weight excluding hydrogens is 422 g/mol. The first-order valence-electron chi connectivity index (χ1n) is 9.69. The molecule has 1 aliphatic heterocycles. The quantitative estimate of drug-likeness (QED) is 0.560. The minimum absolute atomic E-state index is 0.0405. The van der Waals surface area contributed by atoms with Crippen LogP contribution >= 0.6 is 23.4 Å². The van der Waals surface area contributed by atoms with Gasteiger partial charge in [0.1, 0.15) is 0 Å². The number of hydrogen-bond donors (Lipinski definition) is 0. The molecule has 0 unspecified atom stereocenters. The highest BCUT2D eigenvalue weighted by atomic mass is 35.5. The molecule has 156 valence electrons. The summed E-state index contributed by atoms with van der Waals surface area (Å²) in [4.78, 5) is 18.7. The SMILES string of the molecule is C[C@@H]1CN(C(=O)CSc2nnc(-c3ccncc3)n2-c2ccc(Cl)cc2)C[C@@H](C)O1. The molecule has 3 aromatic rings. The Labute approximate surface area is 184 Å². The van der Waals surface area contributed by atoms with Crippen LogP contribution < -0.4 is 0 Å². The smallest absolute Gasteiger partial charge is 0.233 e. The number of hydrogen-bond acceptors (Lipinski definition) is 6. The van der Waals surface area contributed by atoms with E-state index >= 15 is 0 Å². The van der Waals surface area contributed by atoms with Gasteiger partial charge in [0, 0.05) is 41.8 Å². The van der Waals surface area contributed by atoms with E-state index in [0.29, 0.717) is 29.1 Å². The average Bonchev–Trinajstić information content (AvgIpc) is 3.16. The van der Waals surface area contributed by atoms with E-state index in [0.717, 1.165) is 11.3 Å². The fourth-order valence-electron chi connectivity index (χ4n) is 3.47. The normalized spacial score (nSPS) is 19.1. The average molecular weight is 444 g/mol. The summed E-state index contributed by atoms with van der Waals surface area (Å²) in [5.74, 6) is 1.03. The van der Waals surface area contributed by atoms with Gasteiger partial charge < -0.3 is 9.64 Å². The first-order chi connectivity index (χ1) is 14.5. The molecule has 3 heterocycles. The van der Waals surface area contributed by atoms with Crippen molar-refractivity contribution in [3.63, 3.8) is 0 Å². The summed E-state index contributed by atoms with van der Waals surface area (Å²) in [6, 6.07) is 11.2. The molecule has 30 heavy (non-hydrogen) atoms. The molecule has 0 aliphatic carbocycles. The van der Waals surface area contributed by atoms with Crippen molar-refractivity contribution in [2.75, 3.05) is 18.8 Å². The van der Waals surface area contributed by atoms with E-state index < -0.39 is 0 Å². The Bertz CT molecular complexity index is 1000. The molecule has 1 aromatic carbocycles. The van der Waals surface area contributed by atoms with Crippen LogP contribution in [0.1, 0.15) is 13.8 Å². The number of rotatable bonds is 5. The number of nitrogens with zero attached hydrogens (tertiary/aromatic N) is 5. The molecule has 1 fully saturated rings. The number of halogens is 1. The van der Waals surface area contributed by atoms with Gasteiger partial charge in [0.15, 0.2) is 11.0 Å². The van der Waals surface area contributed by atoms with Crippen molar-refractivity contribution < 1.29 is 9.53 Å². The van der Waals surface area contributed by atoms with Gasteiger partial charge in [-0.1, -0.05) is 23.4 Å². The minimum atomic E-state index is 0.0405. The van der Waals surface area contributed by atoms with Crippen LogP contribution in [0, 0.1) is 0 Å². The molecule has 0 N–H and O–H groups in total. The number of aromatic nitrogens is 4. The van der Waals surface area contributed by atoms with Gasteiger partial charge in [0.05, 0.1) is 18.0 Å². The highest BCUT2D eigenvalue weighted by Gasteiger charge is 2.26. The van der Waals surface area contributed by atoms with Gasteiger partial charge in [-0.3, -0.25) is 14.3 Å². The van der Waals surface area contributed by atoms with Crippen LogP contribution in [-0.2, 0) is 9.53 Å². The monoisotopic (exact) mass is 443 g/mol. The minimum Gasteiger partial charge on any atom is -0.372 e. The number of benzene rings is 1. The molecule has 1 saturated heterocycles. The predicted molar refractivity (Wildman–Crippen MR) is 117 cm³/mol. The number of amides is 1. The zero-order valence-electron chi connectivity index (χ0n) is 16.7. The van der Waals surface area contributed by atoms with E-state index in [-0.39, 0.29) is 23.9 Å². The lowest BCUT2D eigenvalue weighted by molar-refractivity contribution is -0.140. The van der Waals surface area contributed by atoms with Crippen LogP contribution in [0.25, 0.3) is 17.1 Å². The number of pyridine rings is 1. The maximum atomic E-state index is 12.8. The fourth-order valence-corrected chi connectivity index (χ4v) is 4.45. The van der Waals surface area contributed by atoms with Crippen LogP contribution in [0.4, 0.5) is 0 Å². The highest BCUT2D eigenvalue weighted by molar-refractivity contribution is 7.99. The summed E-state index contributed by atoms with van der Waals surface area (Å²) in [6.07, 6.45) is 3.51. The molecule has 4 rings (SSSR count). The van der Waals surface area contributed by atoms with E-state index in [4.69, 9.17) is 16.3 Å². The lowest BCUT2D eigenvalue weighted by atomic mass is 10.2. The largest absolute Gasteiger partial charge is 0.372 e. The van der Waals surface area contributed by atoms with Crippen molar-refractivity contribution in [3.05, 3.63) is 53.8 Å². The Morgan fingerprint density at radius 1 is 1.10 bits per heavy atom. The zero-order valence-corrected chi connectivity index (χ0v) is 18.3. The summed E-state index contributed by atoms with van der Waals surface area (Å²) >= 11 is 7.44. The van der Waals surface area contributed by atoms with Crippen molar-refractivity contribution in [1.82, 2.24) is 24.6 Å². The third-order valence-corrected chi connectivity index (χ3v) is 5.92. The molecule has 0 spiro atoms. The summed E-state index contributed by atoms with van der Waals surface area (Å²) in [5, 5.41) is 10.0. The van der Waals surface area contributed by atoms with Crippen LogP contribution in [0.15, 0.2) is 53.9 Å². The molecule has 0 radical (unpaired) electrons. The number of carbonyl (C=O) groups excluding carboxylic acids is 1. The Kier molecular flexibility index (Phi) is 6.36. The molecular formula is C21H22ClN5O2S. The molecule has 7 nitrogen and oxygen atoms in total. The number of morpholine rings is 1. The van der Waals surface area contributed by atoms with Gasteiger partial charge >= 0.3 is 0 Å². The van der Waals surface area contributed by atoms with E-state index in [1.54, 1.807) is 12.4 Å². The lowest BCUT2D eigenvalue weighted by Crippen LogP contribution is -2.48. The summed E-state index contributed by atoms with van der Waals surface area (Å²) < 4.78 is 7.66. The van der Waals surface area contributed by atoms with Gasteiger partial charge in [-0.2, -0.15) is 0 Å². The lowest BCUT2D eigenvalue weighted by Gasteiger charge is -2.35. The van der Waals surface area contributed by atoms with Crippen LogP contribution in [0.5, 0.6) is 0 Å². The standard InChI is InChI=1S/C21H22ClN5O2S/c1-14-11-26(12-15(2)29-14)19(28)13-30-21-25-24-20(16-7-9-23-10-8-16)27(21)18-5-3-17(22)4-6-18/h3-10,14-15H,11-13H2,1-2H3/t14-,15-/m1/s1. The predicted octanol–water partition coefficient (Wildman–Crippen LogP) is 3.71. The summed E-state index contributed by atoms with van der Waals surface area (Å²) in [5.41, 5.74) is 1.77. The van der Waals surface area contributed by atoms with Gasteiger partial charge in [-0.25, -0.2) is 0 Å². The van der Waals surface area contributed by atoms with Gasteiger partial charge in [-0.15, -0.1) is 10.2 Å². The third kappa shape index (κ3) is 4.66. The Balaban J connectivity index is 1.59. The Morgan fingerprint density at radius 2 is 1.77 bits per heavy atom. The van der Waals surface area contributed by atoms with Crippen molar-refractivity contribution in [2.24, 2.45) is 0 Å². The van der Waals surface area contributed by atoms with Crippen molar-refractivity contribution in [2.45, 2.75) is 31.2 Å². The molecule has 2 atom stereocenters. The first kappa shape index (κ1) is 20.8. The molecule has 0 bridgehead atoms. The summed E-state index contributed by atoms with van der Waals surface area (Å²) in [6.45, 7) is 5.19. The van der Waals surface area contributed by atoms with Crippen LogP contribution in [-0.4, -0.2) is 61.6 Å². The second kappa shape index (κ2) is 9.16. The van der Waals surface area contributed by atoms with Gasteiger partial charge in [0.25, 0.3) is 0 Å². The first-order valence-corrected chi connectivity index (χ1v) is 11.1. The third-order valence-electron chi connectivity index (χ3n) is 4.75. The highest BCUT2D eigenvalue weighted by Crippen LogP contribution is 2.28. The van der Waals surface area contributed by atoms with Crippen molar-refractivity contribution in [3.8, 4) is 17.1 Å². The Morgan fingerprint density at radius 3 is 2.43 bits per heavy atom. The molecule has 0 saturated carbocycles. The molecule has 9 heteroatoms. The van der Waals surface area contributed by atoms with Crippen LogP contribution in [0.2, 0.25) is 5.02 Å².